The highest BCUT2D eigenvalue weighted by molar-refractivity contribution is 7.19. The van der Waals surface area contributed by atoms with Gasteiger partial charge in [0.05, 0.1) is 18.7 Å². The average Bonchev–Trinajstić information content (AvgIpc) is 3.53. The number of fused-ring (bicyclic) bond motifs is 4. The zero-order valence-electron chi connectivity index (χ0n) is 18.8. The van der Waals surface area contributed by atoms with Gasteiger partial charge < -0.3 is 15.4 Å². The van der Waals surface area contributed by atoms with Gasteiger partial charge in [0.1, 0.15) is 17.2 Å². The number of H-pyrrole nitrogens is 1. The molecule has 3 aliphatic rings. The minimum atomic E-state index is -0.894. The molecule has 4 aromatic heterocycles. The predicted molar refractivity (Wildman–Crippen MR) is 131 cm³/mol. The molecule has 8 nitrogen and oxygen atoms in total. The van der Waals surface area contributed by atoms with Crippen LogP contribution in [0.1, 0.15) is 25.7 Å². The number of anilines is 1. The van der Waals surface area contributed by atoms with Crippen molar-refractivity contribution in [1.29, 1.82) is 0 Å². The van der Waals surface area contributed by atoms with E-state index in [9.17, 15) is 14.3 Å². The standard InChI is InChI=1S/C25H20F2N6O2S/c1-28-17-7-6-16(36-17)21-19(27)24(31-20-12-4-2-11(3-5-12)18(20)25(34)35)33-23(32-21)15-10-30-22-14(15)8-13(26)9-29-22/h6-12,18,20H,2-5H2,(H,29,30)(H,34,35)(H,31,32,33)/t11?,12?,18-,20-/m0/s1. The first kappa shape index (κ1) is 22.5. The van der Waals surface area contributed by atoms with Gasteiger partial charge in [-0.25, -0.2) is 28.6 Å². The van der Waals surface area contributed by atoms with E-state index in [1.54, 1.807) is 18.3 Å². The van der Waals surface area contributed by atoms with E-state index in [4.69, 9.17) is 6.57 Å². The first-order valence-corrected chi connectivity index (χ1v) is 12.4. The normalized spacial score (nSPS) is 23.0. The number of carboxylic acid groups (broad SMARTS) is 1. The van der Waals surface area contributed by atoms with Crippen LogP contribution in [0.2, 0.25) is 0 Å². The molecule has 2 atom stereocenters. The molecule has 3 fully saturated rings. The Hall–Kier alpha value is -3.91. The summed E-state index contributed by atoms with van der Waals surface area (Å²) in [4.78, 5) is 31.9. The molecule has 0 unspecified atom stereocenters. The highest BCUT2D eigenvalue weighted by Crippen LogP contribution is 2.47. The maximum Gasteiger partial charge on any atom is 0.308 e. The molecule has 36 heavy (non-hydrogen) atoms. The summed E-state index contributed by atoms with van der Waals surface area (Å²) in [5, 5.41) is 13.9. The number of aromatic amines is 1. The Kier molecular flexibility index (Phi) is 5.41. The molecule has 3 aliphatic carbocycles. The van der Waals surface area contributed by atoms with Crippen LogP contribution in [0.4, 0.5) is 19.6 Å². The lowest BCUT2D eigenvalue weighted by Crippen LogP contribution is -2.51. The molecule has 3 saturated carbocycles. The molecule has 0 aromatic carbocycles. The van der Waals surface area contributed by atoms with Crippen molar-refractivity contribution in [2.45, 2.75) is 31.7 Å². The Morgan fingerprint density at radius 3 is 2.69 bits per heavy atom. The second kappa shape index (κ2) is 8.64. The Morgan fingerprint density at radius 1 is 1.19 bits per heavy atom. The maximum atomic E-state index is 15.9. The van der Waals surface area contributed by atoms with Gasteiger partial charge in [0.25, 0.3) is 0 Å². The van der Waals surface area contributed by atoms with Gasteiger partial charge in [0.15, 0.2) is 17.5 Å². The number of hydrogen-bond donors (Lipinski definition) is 3. The van der Waals surface area contributed by atoms with E-state index in [2.05, 4.69) is 30.1 Å². The topological polar surface area (TPSA) is 108 Å². The summed E-state index contributed by atoms with van der Waals surface area (Å²) in [6.45, 7) is 7.26. The second-order valence-corrected chi connectivity index (χ2v) is 10.3. The van der Waals surface area contributed by atoms with Crippen LogP contribution in [0.5, 0.6) is 0 Å². The lowest BCUT2D eigenvalue weighted by atomic mass is 9.61. The fourth-order valence-electron chi connectivity index (χ4n) is 5.67. The van der Waals surface area contributed by atoms with Crippen LogP contribution in [-0.2, 0) is 4.79 Å². The second-order valence-electron chi connectivity index (χ2n) is 9.27. The summed E-state index contributed by atoms with van der Waals surface area (Å²) >= 11 is 1.10. The van der Waals surface area contributed by atoms with Gasteiger partial charge in [-0.3, -0.25) is 4.79 Å². The zero-order chi connectivity index (χ0) is 25.0. The fraction of sp³-hybridized carbons (Fsp3) is 0.320. The highest BCUT2D eigenvalue weighted by atomic mass is 32.1. The van der Waals surface area contributed by atoms with Crippen molar-refractivity contribution in [3.05, 3.63) is 53.6 Å². The third-order valence-corrected chi connectivity index (χ3v) is 8.32. The van der Waals surface area contributed by atoms with E-state index < -0.39 is 29.6 Å². The van der Waals surface area contributed by atoms with Crippen LogP contribution >= 0.6 is 11.3 Å². The summed E-state index contributed by atoms with van der Waals surface area (Å²) in [7, 11) is 0. The number of hydrogen-bond acceptors (Lipinski definition) is 6. The Balaban J connectivity index is 1.50. The smallest absolute Gasteiger partial charge is 0.308 e. The number of rotatable bonds is 5. The first-order valence-electron chi connectivity index (χ1n) is 11.6. The van der Waals surface area contributed by atoms with Crippen LogP contribution in [0.3, 0.4) is 0 Å². The van der Waals surface area contributed by atoms with E-state index in [-0.39, 0.29) is 29.2 Å². The first-order chi connectivity index (χ1) is 17.4. The molecule has 0 amide bonds. The summed E-state index contributed by atoms with van der Waals surface area (Å²) in [6.07, 6.45) is 6.14. The molecular weight excluding hydrogens is 486 g/mol. The number of carbonyl (C=O) groups is 1. The van der Waals surface area contributed by atoms with E-state index in [0.717, 1.165) is 43.2 Å². The molecule has 4 aromatic rings. The fourth-order valence-corrected chi connectivity index (χ4v) is 6.45. The van der Waals surface area contributed by atoms with Gasteiger partial charge in [-0.1, -0.05) is 6.07 Å². The SMILES string of the molecule is [C-]#[N+]c1ccc(-c2nc(-c3c[nH]c4ncc(F)cc34)nc(N[C@H]3C4CCC(CC4)[C@@H]3C(=O)O)c2F)s1. The number of pyridine rings is 1. The molecule has 4 heterocycles. The average molecular weight is 507 g/mol. The molecule has 11 heteroatoms. The van der Waals surface area contributed by atoms with Crippen molar-refractivity contribution in [3.8, 4) is 22.0 Å². The third kappa shape index (κ3) is 3.69. The molecule has 2 bridgehead atoms. The van der Waals surface area contributed by atoms with Gasteiger partial charge in [-0.15, -0.1) is 0 Å². The lowest BCUT2D eigenvalue weighted by molar-refractivity contribution is -0.148. The molecule has 7 rings (SSSR count). The molecule has 0 aliphatic heterocycles. The zero-order valence-corrected chi connectivity index (χ0v) is 19.6. The van der Waals surface area contributed by atoms with Gasteiger partial charge in [0.2, 0.25) is 5.00 Å². The van der Waals surface area contributed by atoms with Crippen LogP contribution in [0.25, 0.3) is 37.8 Å². The maximum absolute atomic E-state index is 15.9. The van der Waals surface area contributed by atoms with Crippen LogP contribution in [0, 0.1) is 36.0 Å². The van der Waals surface area contributed by atoms with Crippen LogP contribution in [0.15, 0.2) is 30.6 Å². The molecular formula is C25H20F2N6O2S. The molecule has 0 saturated heterocycles. The van der Waals surface area contributed by atoms with E-state index >= 15 is 4.39 Å². The van der Waals surface area contributed by atoms with Gasteiger partial charge in [-0.2, -0.15) is 11.3 Å². The number of aliphatic carboxylic acids is 1. The summed E-state index contributed by atoms with van der Waals surface area (Å²) in [5.41, 5.74) is 0.856. The quantitative estimate of drug-likeness (QED) is 0.292. The summed E-state index contributed by atoms with van der Waals surface area (Å²) in [6, 6.07) is 4.05. The number of carboxylic acids is 1. The Bertz CT molecular complexity index is 1540. The van der Waals surface area contributed by atoms with Crippen molar-refractivity contribution >= 4 is 39.2 Å². The van der Waals surface area contributed by atoms with Crippen molar-refractivity contribution in [3.63, 3.8) is 0 Å². The van der Waals surface area contributed by atoms with Crippen molar-refractivity contribution < 1.29 is 18.7 Å². The Morgan fingerprint density at radius 2 is 1.97 bits per heavy atom. The largest absolute Gasteiger partial charge is 0.481 e. The van der Waals surface area contributed by atoms with Crippen molar-refractivity contribution in [1.82, 2.24) is 19.9 Å². The number of thiophene rings is 1. The van der Waals surface area contributed by atoms with Gasteiger partial charge >= 0.3 is 5.97 Å². The summed E-state index contributed by atoms with van der Waals surface area (Å²) < 4.78 is 29.9. The predicted octanol–water partition coefficient (Wildman–Crippen LogP) is 5.88. The third-order valence-electron chi connectivity index (χ3n) is 7.33. The highest BCUT2D eigenvalue weighted by Gasteiger charge is 2.47. The van der Waals surface area contributed by atoms with Crippen LogP contribution < -0.4 is 5.32 Å². The van der Waals surface area contributed by atoms with Crippen molar-refractivity contribution in [2.75, 3.05) is 5.32 Å². The van der Waals surface area contributed by atoms with Gasteiger partial charge in [0, 0.05) is 28.1 Å². The Labute approximate surface area is 208 Å². The monoisotopic (exact) mass is 506 g/mol. The molecule has 0 radical (unpaired) electrons. The molecule has 3 N–H and O–H groups in total. The number of halogens is 2. The van der Waals surface area contributed by atoms with Crippen LogP contribution in [-0.4, -0.2) is 37.1 Å². The van der Waals surface area contributed by atoms with Gasteiger partial charge in [-0.05, 0) is 49.7 Å². The number of nitrogens with one attached hydrogen (secondary N) is 2. The van der Waals surface area contributed by atoms with Crippen molar-refractivity contribution in [2.24, 2.45) is 17.8 Å². The molecule has 0 spiro atoms. The van der Waals surface area contributed by atoms with E-state index in [1.807, 2.05) is 0 Å². The minimum Gasteiger partial charge on any atom is -0.481 e. The number of nitrogens with zero attached hydrogens (tertiary/aromatic N) is 4. The van der Waals surface area contributed by atoms with E-state index in [0.29, 0.717) is 26.5 Å². The lowest BCUT2D eigenvalue weighted by Gasteiger charge is -2.47. The minimum absolute atomic E-state index is 0.00560. The number of aromatic nitrogens is 4. The summed E-state index contributed by atoms with van der Waals surface area (Å²) in [5.74, 6) is -2.61. The molecule has 182 valence electrons. The van der Waals surface area contributed by atoms with E-state index in [1.165, 1.54) is 6.07 Å².